The molecule has 148 valence electrons. The third-order valence-electron chi connectivity index (χ3n) is 5.33. The number of amides is 1. The van der Waals surface area contributed by atoms with Crippen LogP contribution in [-0.2, 0) is 6.54 Å². The van der Waals surface area contributed by atoms with E-state index in [1.807, 2.05) is 4.90 Å². The topological polar surface area (TPSA) is 58.8 Å². The Morgan fingerprint density at radius 1 is 1.14 bits per heavy atom. The van der Waals surface area contributed by atoms with Crippen molar-refractivity contribution >= 4 is 17.5 Å². The second-order valence-corrected chi connectivity index (χ2v) is 7.65. The fourth-order valence-electron chi connectivity index (χ4n) is 3.57. The maximum absolute atomic E-state index is 14.1. The van der Waals surface area contributed by atoms with Crippen LogP contribution in [0, 0.1) is 5.82 Å². The summed E-state index contributed by atoms with van der Waals surface area (Å²) in [6.07, 6.45) is 2.56. The first kappa shape index (κ1) is 19.2. The highest BCUT2D eigenvalue weighted by molar-refractivity contribution is 6.30. The molecule has 1 heterocycles. The lowest BCUT2D eigenvalue weighted by molar-refractivity contribution is 0.0627. The van der Waals surface area contributed by atoms with Gasteiger partial charge in [0, 0.05) is 49.9 Å². The van der Waals surface area contributed by atoms with Gasteiger partial charge in [-0.2, -0.15) is 0 Å². The smallest absolute Gasteiger partial charge is 0.253 e. The molecule has 1 aliphatic carbocycles. The number of halogens is 2. The predicted molar refractivity (Wildman–Crippen MR) is 106 cm³/mol. The average molecular weight is 404 g/mol. The molecule has 2 N–H and O–H groups in total. The Kier molecular flexibility index (Phi) is 5.53. The lowest BCUT2D eigenvalue weighted by Crippen LogP contribution is -2.49. The molecule has 5 nitrogen and oxygen atoms in total. The monoisotopic (exact) mass is 403 g/mol. The van der Waals surface area contributed by atoms with Gasteiger partial charge in [-0.05, 0) is 43.2 Å². The number of nitrogens with two attached hydrogens (primary N) is 1. The standard InChI is InChI=1S/C21H23ClFN3O2/c22-17-2-1-3-19(20(17)23)28-18-7-4-14(12-15(18)13-24)21(27)26-10-8-25(9-11-26)16-5-6-16/h1-4,7,12,16H,5-6,8-11,13,24H2. The van der Waals surface area contributed by atoms with E-state index in [9.17, 15) is 9.18 Å². The minimum Gasteiger partial charge on any atom is -0.454 e. The van der Waals surface area contributed by atoms with E-state index in [2.05, 4.69) is 4.90 Å². The Labute approximate surface area is 168 Å². The number of hydrogen-bond donors (Lipinski definition) is 1. The highest BCUT2D eigenvalue weighted by Gasteiger charge is 2.32. The van der Waals surface area contributed by atoms with Gasteiger partial charge in [0.15, 0.2) is 11.6 Å². The van der Waals surface area contributed by atoms with E-state index < -0.39 is 5.82 Å². The Hall–Kier alpha value is -2.15. The highest BCUT2D eigenvalue weighted by Crippen LogP contribution is 2.32. The number of rotatable bonds is 5. The van der Waals surface area contributed by atoms with E-state index in [-0.39, 0.29) is 23.2 Å². The predicted octanol–water partition coefficient (Wildman–Crippen LogP) is 3.65. The Morgan fingerprint density at radius 3 is 2.57 bits per heavy atom. The largest absolute Gasteiger partial charge is 0.454 e. The zero-order valence-corrected chi connectivity index (χ0v) is 16.3. The van der Waals surface area contributed by atoms with Gasteiger partial charge in [0.25, 0.3) is 5.91 Å². The molecule has 0 bridgehead atoms. The molecular weight excluding hydrogens is 381 g/mol. The molecule has 1 saturated heterocycles. The molecule has 2 aliphatic rings. The number of carbonyl (C=O) groups is 1. The van der Waals surface area contributed by atoms with Crippen LogP contribution in [0.4, 0.5) is 4.39 Å². The molecule has 0 radical (unpaired) electrons. The number of piperazine rings is 1. The van der Waals surface area contributed by atoms with Gasteiger partial charge in [0.1, 0.15) is 5.75 Å². The summed E-state index contributed by atoms with van der Waals surface area (Å²) in [5.41, 5.74) is 7.06. The maximum Gasteiger partial charge on any atom is 0.253 e. The number of benzene rings is 2. The highest BCUT2D eigenvalue weighted by atomic mass is 35.5. The lowest BCUT2D eigenvalue weighted by Gasteiger charge is -2.35. The van der Waals surface area contributed by atoms with Crippen LogP contribution in [0.1, 0.15) is 28.8 Å². The van der Waals surface area contributed by atoms with E-state index in [1.165, 1.54) is 25.0 Å². The van der Waals surface area contributed by atoms with Crippen molar-refractivity contribution in [2.45, 2.75) is 25.4 Å². The molecule has 2 aromatic rings. The summed E-state index contributed by atoms with van der Waals surface area (Å²) in [6.45, 7) is 3.50. The van der Waals surface area contributed by atoms with Gasteiger partial charge in [-0.1, -0.05) is 17.7 Å². The van der Waals surface area contributed by atoms with Crippen molar-refractivity contribution in [3.8, 4) is 11.5 Å². The first-order valence-electron chi connectivity index (χ1n) is 9.55. The number of hydrogen-bond acceptors (Lipinski definition) is 4. The Balaban J connectivity index is 1.48. The minimum atomic E-state index is -0.624. The van der Waals surface area contributed by atoms with Crippen LogP contribution >= 0.6 is 11.6 Å². The maximum atomic E-state index is 14.1. The summed E-state index contributed by atoms with van der Waals surface area (Å²) in [5.74, 6) is -0.192. The normalized spacial score (nSPS) is 17.6. The first-order chi connectivity index (χ1) is 13.6. The van der Waals surface area contributed by atoms with Gasteiger partial charge in [0.2, 0.25) is 0 Å². The van der Waals surface area contributed by atoms with E-state index >= 15 is 0 Å². The van der Waals surface area contributed by atoms with Crippen LogP contribution in [-0.4, -0.2) is 47.9 Å². The van der Waals surface area contributed by atoms with Crippen LogP contribution in [0.3, 0.4) is 0 Å². The Morgan fingerprint density at radius 2 is 1.89 bits per heavy atom. The van der Waals surface area contributed by atoms with Gasteiger partial charge in [-0.25, -0.2) is 4.39 Å². The van der Waals surface area contributed by atoms with Crippen molar-refractivity contribution in [1.29, 1.82) is 0 Å². The van der Waals surface area contributed by atoms with Gasteiger partial charge >= 0.3 is 0 Å². The second kappa shape index (κ2) is 8.07. The first-order valence-corrected chi connectivity index (χ1v) is 9.93. The fourth-order valence-corrected chi connectivity index (χ4v) is 3.73. The van der Waals surface area contributed by atoms with Gasteiger partial charge < -0.3 is 15.4 Å². The zero-order chi connectivity index (χ0) is 19.7. The van der Waals surface area contributed by atoms with Crippen LogP contribution in [0.2, 0.25) is 5.02 Å². The fraction of sp³-hybridized carbons (Fsp3) is 0.381. The number of ether oxygens (including phenoxy) is 1. The molecule has 1 amide bonds. The molecule has 4 rings (SSSR count). The SMILES string of the molecule is NCc1cc(C(=O)N2CCN(C3CC3)CC2)ccc1Oc1cccc(Cl)c1F. The van der Waals surface area contributed by atoms with Crippen molar-refractivity contribution in [2.24, 2.45) is 5.73 Å². The second-order valence-electron chi connectivity index (χ2n) is 7.24. The third kappa shape index (κ3) is 3.99. The van der Waals surface area contributed by atoms with Crippen molar-refractivity contribution in [3.63, 3.8) is 0 Å². The molecule has 0 spiro atoms. The van der Waals surface area contributed by atoms with Crippen LogP contribution < -0.4 is 10.5 Å². The molecule has 28 heavy (non-hydrogen) atoms. The molecule has 7 heteroatoms. The van der Waals surface area contributed by atoms with Crippen molar-refractivity contribution in [1.82, 2.24) is 9.80 Å². The van der Waals surface area contributed by atoms with Crippen LogP contribution in [0.5, 0.6) is 11.5 Å². The van der Waals surface area contributed by atoms with E-state index in [0.717, 1.165) is 32.2 Å². The summed E-state index contributed by atoms with van der Waals surface area (Å²) in [5, 5.41) is -0.0102. The molecular formula is C21H23ClFN3O2. The summed E-state index contributed by atoms with van der Waals surface area (Å²) in [4.78, 5) is 17.2. The molecule has 1 aliphatic heterocycles. The third-order valence-corrected chi connectivity index (χ3v) is 5.62. The quantitative estimate of drug-likeness (QED) is 0.827. The summed E-state index contributed by atoms with van der Waals surface area (Å²) >= 11 is 5.81. The average Bonchev–Trinajstić information content (AvgIpc) is 3.56. The van der Waals surface area contributed by atoms with Crippen molar-refractivity contribution in [2.75, 3.05) is 26.2 Å². The molecule has 2 fully saturated rings. The molecule has 1 saturated carbocycles. The number of nitrogens with zero attached hydrogens (tertiary/aromatic N) is 2. The van der Waals surface area contributed by atoms with Crippen LogP contribution in [0.25, 0.3) is 0 Å². The molecule has 2 aromatic carbocycles. The van der Waals surface area contributed by atoms with Gasteiger partial charge in [-0.3, -0.25) is 9.69 Å². The van der Waals surface area contributed by atoms with Gasteiger partial charge in [-0.15, -0.1) is 0 Å². The molecule has 0 atom stereocenters. The molecule has 0 aromatic heterocycles. The molecule has 0 unspecified atom stereocenters. The lowest BCUT2D eigenvalue weighted by atomic mass is 10.1. The van der Waals surface area contributed by atoms with E-state index in [0.29, 0.717) is 16.9 Å². The minimum absolute atomic E-state index is 0.00867. The zero-order valence-electron chi connectivity index (χ0n) is 15.5. The Bertz CT molecular complexity index is 880. The van der Waals surface area contributed by atoms with Crippen molar-refractivity contribution < 1.29 is 13.9 Å². The number of carbonyl (C=O) groups excluding carboxylic acids is 1. The summed E-state index contributed by atoms with van der Waals surface area (Å²) < 4.78 is 19.8. The van der Waals surface area contributed by atoms with Crippen LogP contribution in [0.15, 0.2) is 36.4 Å². The summed E-state index contributed by atoms with van der Waals surface area (Å²) in [7, 11) is 0. The van der Waals surface area contributed by atoms with Crippen molar-refractivity contribution in [3.05, 3.63) is 58.4 Å². The van der Waals surface area contributed by atoms with Gasteiger partial charge in [0.05, 0.1) is 5.02 Å². The van der Waals surface area contributed by atoms with E-state index in [4.69, 9.17) is 22.1 Å². The van der Waals surface area contributed by atoms with E-state index in [1.54, 1.807) is 24.3 Å². The summed E-state index contributed by atoms with van der Waals surface area (Å²) in [6, 6.07) is 10.4.